The van der Waals surface area contributed by atoms with E-state index in [9.17, 15) is 0 Å². The number of aryl methyl sites for hydroxylation is 1. The Hall–Kier alpha value is -0.780. The molecule has 0 bridgehead atoms. The maximum Gasteiger partial charge on any atom is -0.0162 e. The summed E-state index contributed by atoms with van der Waals surface area (Å²) in [6.07, 6.45) is 16.9. The molecule has 4 atom stereocenters. The summed E-state index contributed by atoms with van der Waals surface area (Å²) >= 11 is 0. The van der Waals surface area contributed by atoms with Gasteiger partial charge in [0.05, 0.1) is 0 Å². The zero-order valence-corrected chi connectivity index (χ0v) is 18.6. The molecule has 0 N–H and O–H groups in total. The number of hydrogen-bond donors (Lipinski definition) is 0. The molecule has 0 radical (unpaired) electrons. The van der Waals surface area contributed by atoms with Gasteiger partial charge in [-0.2, -0.15) is 0 Å². The average Bonchev–Trinajstić information content (AvgIpc) is 3.23. The molecule has 1 aromatic rings. The van der Waals surface area contributed by atoms with Crippen LogP contribution in [0.1, 0.15) is 127 Å². The van der Waals surface area contributed by atoms with E-state index in [0.717, 1.165) is 23.7 Å². The Morgan fingerprint density at radius 1 is 0.963 bits per heavy atom. The van der Waals surface area contributed by atoms with E-state index in [1.807, 2.05) is 0 Å². The molecule has 0 aliphatic heterocycles. The van der Waals surface area contributed by atoms with Crippen LogP contribution in [-0.2, 0) is 6.42 Å². The molecule has 2 fully saturated rings. The summed E-state index contributed by atoms with van der Waals surface area (Å²) in [6.45, 7) is 9.78. The van der Waals surface area contributed by atoms with E-state index >= 15 is 0 Å². The predicted molar refractivity (Wildman–Crippen MR) is 120 cm³/mol. The molecule has 1 aromatic carbocycles. The molecule has 0 amide bonds. The molecule has 2 unspecified atom stereocenters. The van der Waals surface area contributed by atoms with Crippen molar-refractivity contribution in [2.75, 3.05) is 0 Å². The molecule has 2 saturated carbocycles. The molecule has 2 aliphatic carbocycles. The first-order valence-electron chi connectivity index (χ1n) is 12.2. The molecule has 27 heavy (non-hydrogen) atoms. The number of benzene rings is 1. The Labute approximate surface area is 169 Å². The van der Waals surface area contributed by atoms with Gasteiger partial charge in [-0.15, -0.1) is 0 Å². The van der Waals surface area contributed by atoms with Crippen LogP contribution in [0.3, 0.4) is 0 Å². The van der Waals surface area contributed by atoms with Gasteiger partial charge in [-0.25, -0.2) is 0 Å². The summed E-state index contributed by atoms with van der Waals surface area (Å²) < 4.78 is 0. The van der Waals surface area contributed by atoms with Crippen molar-refractivity contribution in [2.45, 2.75) is 117 Å². The fourth-order valence-corrected chi connectivity index (χ4v) is 6.20. The molecule has 0 heteroatoms. The molecule has 0 heterocycles. The van der Waals surface area contributed by atoms with Crippen LogP contribution < -0.4 is 0 Å². The summed E-state index contributed by atoms with van der Waals surface area (Å²) in [6, 6.07) is 7.61. The minimum absolute atomic E-state index is 0.709. The van der Waals surface area contributed by atoms with E-state index in [1.165, 1.54) is 77.0 Å². The lowest BCUT2D eigenvalue weighted by Gasteiger charge is -2.34. The van der Waals surface area contributed by atoms with Gasteiger partial charge in [-0.05, 0) is 78.4 Å². The van der Waals surface area contributed by atoms with Gasteiger partial charge in [0, 0.05) is 0 Å². The van der Waals surface area contributed by atoms with Crippen LogP contribution in [-0.4, -0.2) is 0 Å². The highest BCUT2D eigenvalue weighted by atomic mass is 14.3. The van der Waals surface area contributed by atoms with E-state index < -0.39 is 0 Å². The third-order valence-corrected chi connectivity index (χ3v) is 7.97. The molecule has 0 nitrogen and oxygen atoms in total. The first kappa shape index (κ1) is 20.9. The van der Waals surface area contributed by atoms with Crippen LogP contribution in [0.15, 0.2) is 18.2 Å². The average molecular weight is 369 g/mol. The highest BCUT2D eigenvalue weighted by Crippen LogP contribution is 2.40. The fraction of sp³-hybridized carbons (Fsp3) is 0.778. The molecule has 0 saturated heterocycles. The van der Waals surface area contributed by atoms with Crippen LogP contribution in [0.2, 0.25) is 0 Å². The molecule has 3 rings (SSSR count). The van der Waals surface area contributed by atoms with Crippen molar-refractivity contribution in [3.8, 4) is 0 Å². The second-order valence-corrected chi connectivity index (χ2v) is 10.0. The van der Waals surface area contributed by atoms with Crippen LogP contribution in [0, 0.1) is 17.8 Å². The number of hydrogen-bond acceptors (Lipinski definition) is 0. The van der Waals surface area contributed by atoms with Gasteiger partial charge in [-0.1, -0.05) is 90.8 Å². The Balaban J connectivity index is 1.68. The van der Waals surface area contributed by atoms with Crippen molar-refractivity contribution >= 4 is 0 Å². The standard InChI is InChI=1S/C27H44/c1-5-10-26-19-25(23-12-7-8-13-23)15-16-27(26)21(4)17-20(3)24-14-9-11-22(6-2)18-24/h15-16,19-24H,5-14,17-18H2,1-4H3/t20-,21+,22?,24?/m0/s1. The Morgan fingerprint density at radius 2 is 1.74 bits per heavy atom. The molecule has 152 valence electrons. The van der Waals surface area contributed by atoms with E-state index in [-0.39, 0.29) is 0 Å². The zero-order valence-electron chi connectivity index (χ0n) is 18.6. The molecular weight excluding hydrogens is 324 g/mol. The topological polar surface area (TPSA) is 0 Å². The lowest BCUT2D eigenvalue weighted by atomic mass is 9.72. The van der Waals surface area contributed by atoms with E-state index in [2.05, 4.69) is 45.9 Å². The van der Waals surface area contributed by atoms with Gasteiger partial charge in [0.15, 0.2) is 0 Å². The fourth-order valence-electron chi connectivity index (χ4n) is 6.20. The van der Waals surface area contributed by atoms with Crippen LogP contribution >= 0.6 is 0 Å². The molecule has 2 aliphatic rings. The summed E-state index contributed by atoms with van der Waals surface area (Å²) in [5, 5.41) is 0. The first-order chi connectivity index (χ1) is 13.1. The first-order valence-corrected chi connectivity index (χ1v) is 12.2. The van der Waals surface area contributed by atoms with Gasteiger partial charge < -0.3 is 0 Å². The smallest absolute Gasteiger partial charge is 0.0162 e. The van der Waals surface area contributed by atoms with E-state index in [4.69, 9.17) is 0 Å². The summed E-state index contributed by atoms with van der Waals surface area (Å²) in [7, 11) is 0. The lowest BCUT2D eigenvalue weighted by Crippen LogP contribution is -2.22. The minimum atomic E-state index is 0.709. The predicted octanol–water partition coefficient (Wildman–Crippen LogP) is 8.64. The van der Waals surface area contributed by atoms with Crippen molar-refractivity contribution in [3.05, 3.63) is 34.9 Å². The van der Waals surface area contributed by atoms with Gasteiger partial charge >= 0.3 is 0 Å². The third-order valence-electron chi connectivity index (χ3n) is 7.97. The molecule has 0 spiro atoms. The quantitative estimate of drug-likeness (QED) is 0.430. The van der Waals surface area contributed by atoms with Crippen molar-refractivity contribution in [3.63, 3.8) is 0 Å². The normalized spacial score (nSPS) is 26.2. The van der Waals surface area contributed by atoms with Crippen LogP contribution in [0.5, 0.6) is 0 Å². The summed E-state index contributed by atoms with van der Waals surface area (Å²) in [5.41, 5.74) is 4.96. The highest BCUT2D eigenvalue weighted by molar-refractivity contribution is 5.36. The molecule has 0 aromatic heterocycles. The zero-order chi connectivity index (χ0) is 19.2. The van der Waals surface area contributed by atoms with Crippen LogP contribution in [0.4, 0.5) is 0 Å². The van der Waals surface area contributed by atoms with Crippen LogP contribution in [0.25, 0.3) is 0 Å². The van der Waals surface area contributed by atoms with Gasteiger partial charge in [0.1, 0.15) is 0 Å². The largest absolute Gasteiger partial charge is 0.0651 e. The monoisotopic (exact) mass is 368 g/mol. The Kier molecular flexibility index (Phi) is 7.86. The van der Waals surface area contributed by atoms with E-state index in [0.29, 0.717) is 5.92 Å². The maximum absolute atomic E-state index is 2.60. The van der Waals surface area contributed by atoms with Gasteiger partial charge in [0.2, 0.25) is 0 Å². The Morgan fingerprint density at radius 3 is 2.44 bits per heavy atom. The number of rotatable bonds is 8. The van der Waals surface area contributed by atoms with Crippen molar-refractivity contribution < 1.29 is 0 Å². The SMILES string of the molecule is CCCc1cc(C2CCCC2)ccc1[C@H](C)C[C@H](C)C1CCCC(CC)C1. The van der Waals surface area contributed by atoms with Crippen molar-refractivity contribution in [1.82, 2.24) is 0 Å². The van der Waals surface area contributed by atoms with Gasteiger partial charge in [-0.3, -0.25) is 0 Å². The second kappa shape index (κ2) is 10.1. The third kappa shape index (κ3) is 5.39. The Bertz CT molecular complexity index is 565. The second-order valence-electron chi connectivity index (χ2n) is 10.0. The van der Waals surface area contributed by atoms with E-state index in [1.54, 1.807) is 16.7 Å². The van der Waals surface area contributed by atoms with Crippen molar-refractivity contribution in [1.29, 1.82) is 0 Å². The maximum atomic E-state index is 2.60. The highest BCUT2D eigenvalue weighted by Gasteiger charge is 2.27. The van der Waals surface area contributed by atoms with Crippen molar-refractivity contribution in [2.24, 2.45) is 17.8 Å². The lowest BCUT2D eigenvalue weighted by molar-refractivity contribution is 0.189. The summed E-state index contributed by atoms with van der Waals surface area (Å²) in [4.78, 5) is 0. The van der Waals surface area contributed by atoms with Gasteiger partial charge in [0.25, 0.3) is 0 Å². The molecular formula is C27H44. The minimum Gasteiger partial charge on any atom is -0.0651 e. The summed E-state index contributed by atoms with van der Waals surface area (Å²) in [5.74, 6) is 4.40.